The molecule has 0 fully saturated rings. The van der Waals surface area contributed by atoms with Crippen molar-refractivity contribution in [2.24, 2.45) is 0 Å². The number of nitrogens with zero attached hydrogens (tertiary/aromatic N) is 5. The Morgan fingerprint density at radius 1 is 1.11 bits per heavy atom. The molecule has 180 valence electrons. The molecule has 2 atom stereocenters. The quantitative estimate of drug-likeness (QED) is 0.431. The highest BCUT2D eigenvalue weighted by atomic mass is 19.2. The average molecular weight is 481 g/mol. The highest BCUT2D eigenvalue weighted by molar-refractivity contribution is 5.69. The van der Waals surface area contributed by atoms with Crippen molar-refractivity contribution in [2.45, 2.75) is 31.9 Å². The van der Waals surface area contributed by atoms with Crippen molar-refractivity contribution >= 4 is 12.2 Å². The Balaban J connectivity index is 1.44. The predicted octanol–water partition coefficient (Wildman–Crippen LogP) is 4.27. The van der Waals surface area contributed by atoms with Crippen LogP contribution in [0.15, 0.2) is 42.9 Å². The van der Waals surface area contributed by atoms with Gasteiger partial charge in [-0.15, -0.1) is 0 Å². The highest BCUT2D eigenvalue weighted by Gasteiger charge is 2.31. The second-order valence-electron chi connectivity index (χ2n) is 8.44. The third-order valence-electron chi connectivity index (χ3n) is 5.95. The zero-order valence-corrected chi connectivity index (χ0v) is 19.0. The predicted molar refractivity (Wildman–Crippen MR) is 123 cm³/mol. The second-order valence-corrected chi connectivity index (χ2v) is 8.44. The van der Waals surface area contributed by atoms with E-state index in [1.54, 1.807) is 19.5 Å². The number of benzene rings is 2. The summed E-state index contributed by atoms with van der Waals surface area (Å²) in [5.74, 6) is -3.25. The molecule has 0 saturated heterocycles. The van der Waals surface area contributed by atoms with E-state index in [4.69, 9.17) is 4.74 Å². The Bertz CT molecular complexity index is 1410. The van der Waals surface area contributed by atoms with Crippen LogP contribution in [0.2, 0.25) is 0 Å². The minimum Gasteiger partial charge on any atom is -0.495 e. The standard InChI is InChI=1S/C25H22F3N5O2/c1-14-11-32(13-29-14)21-5-3-15(7-22(21)35-2)4-6-23-30-25-18(10-17(34)12-33(25)31-23)16-8-19(26)24(28)20(27)9-16/h3-9,11,13,17-18,34H,10,12H2,1-2H3/t17-,18+/m1/s1. The minimum absolute atomic E-state index is 0.193. The number of hydrogen-bond acceptors (Lipinski definition) is 5. The Hall–Kier alpha value is -3.92. The number of aliphatic hydroxyl groups is 1. The maximum absolute atomic E-state index is 13.8. The molecular formula is C25H22F3N5O2. The zero-order chi connectivity index (χ0) is 24.7. The lowest BCUT2D eigenvalue weighted by atomic mass is 9.89. The normalized spacial score (nSPS) is 17.7. The molecule has 0 radical (unpaired) electrons. The average Bonchev–Trinajstić information content (AvgIpc) is 3.45. The number of ether oxygens (including phenoxy) is 1. The van der Waals surface area contributed by atoms with Crippen LogP contribution in [0.3, 0.4) is 0 Å². The molecule has 35 heavy (non-hydrogen) atoms. The van der Waals surface area contributed by atoms with E-state index >= 15 is 0 Å². The molecule has 1 aliphatic heterocycles. The first-order valence-corrected chi connectivity index (χ1v) is 11.0. The van der Waals surface area contributed by atoms with Gasteiger partial charge in [-0.3, -0.25) is 0 Å². The summed E-state index contributed by atoms with van der Waals surface area (Å²) < 4.78 is 50.0. The van der Waals surface area contributed by atoms with Crippen molar-refractivity contribution in [1.29, 1.82) is 0 Å². The van der Waals surface area contributed by atoms with E-state index in [0.717, 1.165) is 29.1 Å². The van der Waals surface area contributed by atoms with Crippen molar-refractivity contribution in [3.8, 4) is 11.4 Å². The molecule has 3 heterocycles. The van der Waals surface area contributed by atoms with Crippen molar-refractivity contribution in [2.75, 3.05) is 7.11 Å². The van der Waals surface area contributed by atoms with Gasteiger partial charge in [0.15, 0.2) is 23.3 Å². The molecule has 0 bridgehead atoms. The third-order valence-corrected chi connectivity index (χ3v) is 5.95. The molecule has 2 aromatic heterocycles. The van der Waals surface area contributed by atoms with E-state index in [-0.39, 0.29) is 18.5 Å². The SMILES string of the molecule is COc1cc(C=Cc2nc3n(n2)C[C@H](O)C[C@H]3c2cc(F)c(F)c(F)c2)ccc1-n1cnc(C)c1. The molecule has 1 N–H and O–H groups in total. The summed E-state index contributed by atoms with van der Waals surface area (Å²) in [6.45, 7) is 2.11. The Kier molecular flexibility index (Phi) is 5.89. The Labute approximate surface area is 199 Å². The number of hydrogen-bond donors (Lipinski definition) is 1. The number of aromatic nitrogens is 5. The van der Waals surface area contributed by atoms with Crippen molar-refractivity contribution in [1.82, 2.24) is 24.3 Å². The summed E-state index contributed by atoms with van der Waals surface area (Å²) in [6.07, 6.45) is 6.54. The van der Waals surface area contributed by atoms with E-state index < -0.39 is 29.5 Å². The van der Waals surface area contributed by atoms with Crippen LogP contribution in [0.1, 0.15) is 40.8 Å². The number of halogens is 3. The van der Waals surface area contributed by atoms with Crippen LogP contribution < -0.4 is 4.74 Å². The topological polar surface area (TPSA) is 78.0 Å². The molecule has 0 spiro atoms. The molecule has 7 nitrogen and oxygen atoms in total. The summed E-state index contributed by atoms with van der Waals surface area (Å²) in [4.78, 5) is 8.76. The summed E-state index contributed by atoms with van der Waals surface area (Å²) in [7, 11) is 1.59. The maximum atomic E-state index is 13.8. The van der Waals surface area contributed by atoms with E-state index in [0.29, 0.717) is 17.4 Å². The first-order valence-electron chi connectivity index (χ1n) is 11.0. The Morgan fingerprint density at radius 3 is 2.57 bits per heavy atom. The molecule has 10 heteroatoms. The first kappa shape index (κ1) is 22.9. The minimum atomic E-state index is -1.53. The van der Waals surface area contributed by atoms with Gasteiger partial charge in [0.1, 0.15) is 11.6 Å². The van der Waals surface area contributed by atoms with Crippen LogP contribution in [0.5, 0.6) is 5.75 Å². The van der Waals surface area contributed by atoms with Gasteiger partial charge in [0, 0.05) is 12.1 Å². The van der Waals surface area contributed by atoms with E-state index in [2.05, 4.69) is 15.1 Å². The number of imidazole rings is 1. The fraction of sp³-hybridized carbons (Fsp3) is 0.240. The van der Waals surface area contributed by atoms with Gasteiger partial charge >= 0.3 is 0 Å². The van der Waals surface area contributed by atoms with Crippen molar-refractivity contribution in [3.63, 3.8) is 0 Å². The van der Waals surface area contributed by atoms with Crippen LogP contribution >= 0.6 is 0 Å². The molecule has 5 rings (SSSR count). The fourth-order valence-corrected chi connectivity index (χ4v) is 4.28. The molecule has 4 aromatic rings. The number of aliphatic hydroxyl groups excluding tert-OH is 1. The largest absolute Gasteiger partial charge is 0.495 e. The van der Waals surface area contributed by atoms with Crippen molar-refractivity contribution < 1.29 is 23.0 Å². The number of methoxy groups -OCH3 is 1. The van der Waals surface area contributed by atoms with Crippen LogP contribution in [0.4, 0.5) is 13.2 Å². The molecule has 1 aliphatic rings. The Morgan fingerprint density at radius 2 is 1.89 bits per heavy atom. The van der Waals surface area contributed by atoms with E-state index in [1.807, 2.05) is 42.0 Å². The lowest BCUT2D eigenvalue weighted by Gasteiger charge is -2.26. The van der Waals surface area contributed by atoms with Crippen molar-refractivity contribution in [3.05, 3.63) is 88.8 Å². The fourth-order valence-electron chi connectivity index (χ4n) is 4.28. The number of fused-ring (bicyclic) bond motifs is 1. The molecule has 0 aliphatic carbocycles. The van der Waals surface area contributed by atoms with Crippen LogP contribution in [-0.4, -0.2) is 42.6 Å². The van der Waals surface area contributed by atoms with Gasteiger partial charge in [-0.1, -0.05) is 12.1 Å². The van der Waals surface area contributed by atoms with Gasteiger partial charge < -0.3 is 14.4 Å². The van der Waals surface area contributed by atoms with Gasteiger partial charge in [0.25, 0.3) is 0 Å². The highest BCUT2D eigenvalue weighted by Crippen LogP contribution is 2.34. The van der Waals surface area contributed by atoms with E-state index in [9.17, 15) is 18.3 Å². The first-order chi connectivity index (χ1) is 16.8. The van der Waals surface area contributed by atoms with E-state index in [1.165, 1.54) is 4.68 Å². The molecule has 0 saturated carbocycles. The van der Waals surface area contributed by atoms with Crippen LogP contribution in [0.25, 0.3) is 17.8 Å². The van der Waals surface area contributed by atoms with Gasteiger partial charge in [0.05, 0.1) is 37.5 Å². The summed E-state index contributed by atoms with van der Waals surface area (Å²) in [5, 5.41) is 14.7. The monoisotopic (exact) mass is 481 g/mol. The third kappa shape index (κ3) is 4.44. The van der Waals surface area contributed by atoms with Gasteiger partial charge in [-0.2, -0.15) is 5.10 Å². The van der Waals surface area contributed by atoms with Gasteiger partial charge in [-0.05, 0) is 54.8 Å². The molecule has 0 amide bonds. The summed E-state index contributed by atoms with van der Waals surface area (Å²) in [6, 6.07) is 7.57. The lowest BCUT2D eigenvalue weighted by molar-refractivity contribution is 0.117. The molecule has 0 unspecified atom stereocenters. The second kappa shape index (κ2) is 9.03. The van der Waals surface area contributed by atoms with Gasteiger partial charge in [0.2, 0.25) is 0 Å². The summed E-state index contributed by atoms with van der Waals surface area (Å²) in [5.41, 5.74) is 2.77. The number of rotatable bonds is 5. The zero-order valence-electron chi connectivity index (χ0n) is 19.0. The summed E-state index contributed by atoms with van der Waals surface area (Å²) >= 11 is 0. The number of aryl methyl sites for hydroxylation is 1. The molecule has 2 aromatic carbocycles. The lowest BCUT2D eigenvalue weighted by Crippen LogP contribution is -2.29. The maximum Gasteiger partial charge on any atom is 0.194 e. The van der Waals surface area contributed by atoms with Crippen LogP contribution in [0, 0.1) is 24.4 Å². The molecular weight excluding hydrogens is 459 g/mol. The van der Waals surface area contributed by atoms with Crippen LogP contribution in [-0.2, 0) is 6.54 Å². The van der Waals surface area contributed by atoms with Gasteiger partial charge in [-0.25, -0.2) is 27.8 Å². The smallest absolute Gasteiger partial charge is 0.194 e.